The average molecular weight is 377 g/mol. The number of hydrogen-bond acceptors (Lipinski definition) is 6. The molecule has 2 fully saturated rings. The highest BCUT2D eigenvalue weighted by Gasteiger charge is 2.71. The van der Waals surface area contributed by atoms with Crippen LogP contribution in [0.5, 0.6) is 0 Å². The lowest BCUT2D eigenvalue weighted by molar-refractivity contribution is -0.143. The van der Waals surface area contributed by atoms with Crippen molar-refractivity contribution in [3.05, 3.63) is 29.6 Å². The van der Waals surface area contributed by atoms with Gasteiger partial charge in [-0.15, -0.1) is 0 Å². The second-order valence-corrected chi connectivity index (χ2v) is 7.19. The summed E-state index contributed by atoms with van der Waals surface area (Å²) in [4.78, 5) is 40.1. The summed E-state index contributed by atoms with van der Waals surface area (Å²) in [5.74, 6) is -4.06. The largest absolute Gasteiger partial charge is 0.392 e. The number of fused-ring (bicyclic) bond motifs is 4. The van der Waals surface area contributed by atoms with E-state index in [0.29, 0.717) is 5.69 Å². The van der Waals surface area contributed by atoms with Crippen LogP contribution in [0.3, 0.4) is 0 Å². The molecule has 3 N–H and O–H groups in total. The zero-order valence-corrected chi connectivity index (χ0v) is 14.9. The van der Waals surface area contributed by atoms with Crippen molar-refractivity contribution in [2.24, 2.45) is 11.8 Å². The Bertz CT molecular complexity index is 844. The molecule has 0 radical (unpaired) electrons. The van der Waals surface area contributed by atoms with Crippen LogP contribution < -0.4 is 10.6 Å². The second-order valence-electron chi connectivity index (χ2n) is 7.19. The number of amides is 3. The summed E-state index contributed by atoms with van der Waals surface area (Å²) in [6, 6.07) is 3.01. The molecule has 0 aliphatic carbocycles. The van der Waals surface area contributed by atoms with Gasteiger partial charge in [-0.25, -0.2) is 4.39 Å². The maximum absolute atomic E-state index is 13.9. The molecule has 0 aromatic heterocycles. The van der Waals surface area contributed by atoms with E-state index in [1.54, 1.807) is 0 Å². The predicted octanol–water partition coefficient (Wildman–Crippen LogP) is -0.427. The van der Waals surface area contributed by atoms with Crippen LogP contribution in [-0.4, -0.2) is 60.1 Å². The molecule has 1 spiro atoms. The molecule has 3 amide bonds. The number of imide groups is 1. The van der Waals surface area contributed by atoms with Gasteiger partial charge in [0.05, 0.1) is 31.1 Å². The van der Waals surface area contributed by atoms with Gasteiger partial charge in [-0.2, -0.15) is 0 Å². The minimum atomic E-state index is -1.60. The number of hydrogen-bond donors (Lipinski definition) is 3. The van der Waals surface area contributed by atoms with Crippen molar-refractivity contribution in [2.75, 3.05) is 25.6 Å². The van der Waals surface area contributed by atoms with Crippen molar-refractivity contribution in [1.82, 2.24) is 10.2 Å². The van der Waals surface area contributed by atoms with Gasteiger partial charge in [0.15, 0.2) is 0 Å². The Morgan fingerprint density at radius 2 is 2.07 bits per heavy atom. The number of anilines is 1. The number of benzene rings is 1. The monoisotopic (exact) mass is 377 g/mol. The molecule has 8 nitrogen and oxygen atoms in total. The number of halogens is 1. The summed E-state index contributed by atoms with van der Waals surface area (Å²) >= 11 is 0. The molecule has 3 aliphatic rings. The maximum Gasteiger partial charge on any atom is 0.250 e. The standard InChI is InChI=1S/C18H20FN3O5/c1-8(23)14-12-13(16(25)22(15(12)24)5-6-27-2)18(21-14)10-7-9(19)3-4-11(10)20-17(18)26/h3-4,7-8,12-14,21,23H,5-6H2,1-2H3,(H,20,26)/t8-,12+,13+,14-,18+/m1/s1. The molecule has 0 saturated carbocycles. The summed E-state index contributed by atoms with van der Waals surface area (Å²) in [7, 11) is 1.46. The number of carbonyl (C=O) groups excluding carboxylic acids is 3. The fraction of sp³-hybridized carbons (Fsp3) is 0.500. The summed E-state index contributed by atoms with van der Waals surface area (Å²) in [5, 5.41) is 15.9. The Kier molecular flexibility index (Phi) is 4.06. The average Bonchev–Trinajstić information content (AvgIpc) is 3.20. The van der Waals surface area contributed by atoms with Crippen LogP contribution in [0.15, 0.2) is 18.2 Å². The highest BCUT2D eigenvalue weighted by Crippen LogP contribution is 2.53. The summed E-state index contributed by atoms with van der Waals surface area (Å²) in [5.41, 5.74) is -0.937. The first-order valence-corrected chi connectivity index (χ1v) is 8.74. The van der Waals surface area contributed by atoms with Gasteiger partial charge in [-0.05, 0) is 25.1 Å². The molecule has 1 aromatic rings. The number of aliphatic hydroxyl groups is 1. The highest BCUT2D eigenvalue weighted by molar-refractivity contribution is 6.15. The van der Waals surface area contributed by atoms with Gasteiger partial charge < -0.3 is 15.2 Å². The van der Waals surface area contributed by atoms with Gasteiger partial charge in [0.2, 0.25) is 17.7 Å². The number of likely N-dealkylation sites (tertiary alicyclic amines) is 1. The van der Waals surface area contributed by atoms with E-state index < -0.39 is 53.1 Å². The molecule has 3 aliphatic heterocycles. The number of nitrogens with zero attached hydrogens (tertiary/aromatic N) is 1. The topological polar surface area (TPSA) is 108 Å². The first-order chi connectivity index (χ1) is 12.8. The Balaban J connectivity index is 1.86. The highest BCUT2D eigenvalue weighted by atomic mass is 19.1. The summed E-state index contributed by atoms with van der Waals surface area (Å²) in [6.07, 6.45) is -0.999. The van der Waals surface area contributed by atoms with Gasteiger partial charge in [0.1, 0.15) is 11.4 Å². The maximum atomic E-state index is 13.9. The Morgan fingerprint density at radius 1 is 1.33 bits per heavy atom. The molecule has 144 valence electrons. The molecule has 0 unspecified atom stereocenters. The van der Waals surface area contributed by atoms with E-state index in [1.165, 1.54) is 32.2 Å². The fourth-order valence-electron chi connectivity index (χ4n) is 4.58. The van der Waals surface area contributed by atoms with E-state index in [4.69, 9.17) is 4.74 Å². The zero-order chi connectivity index (χ0) is 19.5. The molecule has 0 bridgehead atoms. The minimum Gasteiger partial charge on any atom is -0.392 e. The lowest BCUT2D eigenvalue weighted by atomic mass is 9.76. The third-order valence-corrected chi connectivity index (χ3v) is 5.74. The molecule has 3 heterocycles. The van der Waals surface area contributed by atoms with E-state index in [-0.39, 0.29) is 18.7 Å². The fourth-order valence-corrected chi connectivity index (χ4v) is 4.58. The van der Waals surface area contributed by atoms with Crippen molar-refractivity contribution < 1.29 is 28.6 Å². The van der Waals surface area contributed by atoms with Gasteiger partial charge in [0.25, 0.3) is 0 Å². The normalized spacial score (nSPS) is 32.8. The third-order valence-electron chi connectivity index (χ3n) is 5.74. The van der Waals surface area contributed by atoms with Crippen LogP contribution in [0, 0.1) is 17.7 Å². The molecular formula is C18H20FN3O5. The number of carbonyl (C=O) groups is 3. The lowest BCUT2D eigenvalue weighted by Crippen LogP contribution is -2.55. The van der Waals surface area contributed by atoms with E-state index in [2.05, 4.69) is 10.6 Å². The Labute approximate surface area is 154 Å². The predicted molar refractivity (Wildman–Crippen MR) is 90.9 cm³/mol. The van der Waals surface area contributed by atoms with Crippen LogP contribution in [0.25, 0.3) is 0 Å². The van der Waals surface area contributed by atoms with Crippen molar-refractivity contribution >= 4 is 23.4 Å². The van der Waals surface area contributed by atoms with Crippen molar-refractivity contribution in [3.8, 4) is 0 Å². The van der Waals surface area contributed by atoms with Crippen LogP contribution in [0.1, 0.15) is 12.5 Å². The SMILES string of the molecule is COCCN1C(=O)[C@@H]2[C@@H]([C@@H](C)O)N[C@]3(C(=O)Nc4ccc(F)cc43)[C@@H]2C1=O. The molecule has 4 rings (SSSR count). The number of methoxy groups -OCH3 is 1. The lowest BCUT2D eigenvalue weighted by Gasteiger charge is -2.30. The molecule has 9 heteroatoms. The van der Waals surface area contributed by atoms with Gasteiger partial charge in [0, 0.05) is 24.4 Å². The first kappa shape index (κ1) is 18.0. The molecular weight excluding hydrogens is 357 g/mol. The minimum absolute atomic E-state index is 0.0569. The Morgan fingerprint density at radius 3 is 2.74 bits per heavy atom. The molecule has 27 heavy (non-hydrogen) atoms. The molecule has 1 aromatic carbocycles. The smallest absolute Gasteiger partial charge is 0.250 e. The molecule has 2 saturated heterocycles. The van der Waals surface area contributed by atoms with Crippen molar-refractivity contribution in [2.45, 2.75) is 24.6 Å². The van der Waals surface area contributed by atoms with Gasteiger partial charge >= 0.3 is 0 Å². The summed E-state index contributed by atoms with van der Waals surface area (Å²) in [6.45, 7) is 1.71. The van der Waals surface area contributed by atoms with Crippen LogP contribution in [0.2, 0.25) is 0 Å². The van der Waals surface area contributed by atoms with E-state index in [1.807, 2.05) is 0 Å². The number of nitrogens with one attached hydrogen (secondary N) is 2. The van der Waals surface area contributed by atoms with Crippen molar-refractivity contribution in [3.63, 3.8) is 0 Å². The van der Waals surface area contributed by atoms with Gasteiger partial charge in [-0.3, -0.25) is 24.6 Å². The van der Waals surface area contributed by atoms with E-state index in [0.717, 1.165) is 4.90 Å². The number of rotatable bonds is 4. The zero-order valence-electron chi connectivity index (χ0n) is 14.9. The molecule has 5 atom stereocenters. The van der Waals surface area contributed by atoms with Crippen LogP contribution >= 0.6 is 0 Å². The van der Waals surface area contributed by atoms with E-state index in [9.17, 15) is 23.9 Å². The van der Waals surface area contributed by atoms with Crippen LogP contribution in [0.4, 0.5) is 10.1 Å². The van der Waals surface area contributed by atoms with Crippen LogP contribution in [-0.2, 0) is 24.7 Å². The Hall–Kier alpha value is -2.36. The second kappa shape index (κ2) is 6.08. The number of aliphatic hydroxyl groups excluding tert-OH is 1. The van der Waals surface area contributed by atoms with E-state index >= 15 is 0 Å². The van der Waals surface area contributed by atoms with Gasteiger partial charge in [-0.1, -0.05) is 0 Å². The summed E-state index contributed by atoms with van der Waals surface area (Å²) < 4.78 is 18.9. The number of ether oxygens (including phenoxy) is 1. The quantitative estimate of drug-likeness (QED) is 0.615. The first-order valence-electron chi connectivity index (χ1n) is 8.74. The van der Waals surface area contributed by atoms with Crippen molar-refractivity contribution in [1.29, 1.82) is 0 Å². The third kappa shape index (κ3) is 2.28.